The smallest absolute Gasteiger partial charge is 0.219 e. The van der Waals surface area contributed by atoms with E-state index in [2.05, 4.69) is 34.1 Å². The van der Waals surface area contributed by atoms with Crippen molar-refractivity contribution in [3.63, 3.8) is 0 Å². The number of H-pyrrole nitrogens is 1. The Morgan fingerprint density at radius 2 is 1.94 bits per heavy atom. The molecule has 2 heterocycles. The summed E-state index contributed by atoms with van der Waals surface area (Å²) in [7, 11) is 0. The molecule has 1 aromatic heterocycles. The Labute approximate surface area is 106 Å². The monoisotopic (exact) mass is 243 g/mol. The summed E-state index contributed by atoms with van der Waals surface area (Å²) in [5.74, 6) is 0.177. The minimum Gasteiger partial charge on any atom is -0.368 e. The van der Waals surface area contributed by atoms with E-state index in [0.717, 1.165) is 26.2 Å². The molecule has 4 nitrogen and oxygen atoms in total. The highest BCUT2D eigenvalue weighted by Crippen LogP contribution is 2.22. The van der Waals surface area contributed by atoms with Gasteiger partial charge in [-0.3, -0.25) is 4.79 Å². The molecule has 0 saturated carbocycles. The third-order valence-corrected chi connectivity index (χ3v) is 3.63. The molecule has 0 spiro atoms. The lowest BCUT2D eigenvalue weighted by atomic mass is 10.2. The Morgan fingerprint density at radius 3 is 2.67 bits per heavy atom. The molecule has 1 saturated heterocycles. The molecule has 0 bridgehead atoms. The van der Waals surface area contributed by atoms with Gasteiger partial charge in [0.2, 0.25) is 5.91 Å². The van der Waals surface area contributed by atoms with Crippen molar-refractivity contribution in [3.8, 4) is 0 Å². The first-order valence-corrected chi connectivity index (χ1v) is 6.31. The molecule has 1 aliphatic rings. The normalized spacial score (nSPS) is 16.3. The highest BCUT2D eigenvalue weighted by Gasteiger charge is 2.18. The fourth-order valence-corrected chi connectivity index (χ4v) is 2.52. The average Bonchev–Trinajstić information content (AvgIpc) is 2.86. The number of hydrogen-bond acceptors (Lipinski definition) is 2. The summed E-state index contributed by atoms with van der Waals surface area (Å²) < 4.78 is 0. The van der Waals surface area contributed by atoms with Gasteiger partial charge in [0.25, 0.3) is 0 Å². The number of piperazine rings is 1. The number of amides is 1. The van der Waals surface area contributed by atoms with Crippen LogP contribution in [0.3, 0.4) is 0 Å². The van der Waals surface area contributed by atoms with Crippen molar-refractivity contribution < 1.29 is 4.79 Å². The minimum absolute atomic E-state index is 0.177. The summed E-state index contributed by atoms with van der Waals surface area (Å²) in [6.45, 7) is 5.10. The molecule has 0 radical (unpaired) electrons. The van der Waals surface area contributed by atoms with Gasteiger partial charge in [-0.2, -0.15) is 0 Å². The maximum absolute atomic E-state index is 11.3. The number of anilines is 1. The van der Waals surface area contributed by atoms with Crippen molar-refractivity contribution in [2.45, 2.75) is 6.92 Å². The molecule has 1 aromatic carbocycles. The van der Waals surface area contributed by atoms with Gasteiger partial charge < -0.3 is 14.8 Å². The number of hydrogen-bond donors (Lipinski definition) is 1. The zero-order valence-corrected chi connectivity index (χ0v) is 10.5. The molecule has 1 N–H and O–H groups in total. The van der Waals surface area contributed by atoms with Gasteiger partial charge in [0.05, 0.1) is 0 Å². The van der Waals surface area contributed by atoms with E-state index < -0.39 is 0 Å². The van der Waals surface area contributed by atoms with Crippen molar-refractivity contribution in [1.29, 1.82) is 0 Å². The van der Waals surface area contributed by atoms with Crippen molar-refractivity contribution in [3.05, 3.63) is 30.5 Å². The van der Waals surface area contributed by atoms with Gasteiger partial charge in [-0.05, 0) is 24.3 Å². The fourth-order valence-electron chi connectivity index (χ4n) is 2.52. The maximum atomic E-state index is 11.3. The molecular formula is C14H17N3O. The molecule has 1 amide bonds. The second kappa shape index (κ2) is 4.37. The minimum atomic E-state index is 0.177. The standard InChI is InChI=1S/C14H17N3O/c1-11(18)16-6-8-17(9-7-16)13-2-3-14-12(10-13)4-5-15-14/h2-5,10,15H,6-9H2,1H3. The summed E-state index contributed by atoms with van der Waals surface area (Å²) in [5, 5.41) is 1.24. The van der Waals surface area contributed by atoms with Crippen LogP contribution in [0.5, 0.6) is 0 Å². The largest absolute Gasteiger partial charge is 0.368 e. The van der Waals surface area contributed by atoms with Crippen LogP contribution < -0.4 is 4.90 Å². The van der Waals surface area contributed by atoms with Crippen LogP contribution in [0.4, 0.5) is 5.69 Å². The number of aromatic amines is 1. The number of aromatic nitrogens is 1. The number of carbonyl (C=O) groups is 1. The molecule has 0 unspecified atom stereocenters. The molecule has 18 heavy (non-hydrogen) atoms. The molecule has 2 aromatic rings. The van der Waals surface area contributed by atoms with E-state index in [9.17, 15) is 4.79 Å². The predicted octanol–water partition coefficient (Wildman–Crippen LogP) is 1.84. The Kier molecular flexibility index (Phi) is 2.70. The molecule has 1 fully saturated rings. The lowest BCUT2D eigenvalue weighted by Crippen LogP contribution is -2.48. The van der Waals surface area contributed by atoms with Crippen molar-refractivity contribution >= 4 is 22.5 Å². The highest BCUT2D eigenvalue weighted by molar-refractivity contribution is 5.83. The Morgan fingerprint density at radius 1 is 1.17 bits per heavy atom. The quantitative estimate of drug-likeness (QED) is 0.830. The zero-order chi connectivity index (χ0) is 12.5. The topological polar surface area (TPSA) is 39.3 Å². The van der Waals surface area contributed by atoms with Crippen LogP contribution in [0.1, 0.15) is 6.92 Å². The maximum Gasteiger partial charge on any atom is 0.219 e. The van der Waals surface area contributed by atoms with Gasteiger partial charge in [-0.1, -0.05) is 0 Å². The van der Waals surface area contributed by atoms with Crippen LogP contribution in [-0.2, 0) is 4.79 Å². The molecule has 1 aliphatic heterocycles. The molecule has 0 aliphatic carbocycles. The van der Waals surface area contributed by atoms with Crippen LogP contribution in [0.25, 0.3) is 10.9 Å². The lowest BCUT2D eigenvalue weighted by molar-refractivity contribution is -0.129. The first kappa shape index (κ1) is 11.1. The number of carbonyl (C=O) groups excluding carboxylic acids is 1. The summed E-state index contributed by atoms with van der Waals surface area (Å²) in [4.78, 5) is 18.7. The van der Waals surface area contributed by atoms with E-state index in [1.54, 1.807) is 6.92 Å². The van der Waals surface area contributed by atoms with E-state index >= 15 is 0 Å². The Bertz CT molecular complexity index is 567. The SMILES string of the molecule is CC(=O)N1CCN(c2ccc3[nH]ccc3c2)CC1. The average molecular weight is 243 g/mol. The van der Waals surface area contributed by atoms with Crippen molar-refractivity contribution in [1.82, 2.24) is 9.88 Å². The second-order valence-electron chi connectivity index (χ2n) is 4.74. The lowest BCUT2D eigenvalue weighted by Gasteiger charge is -2.35. The van der Waals surface area contributed by atoms with E-state index in [0.29, 0.717) is 0 Å². The Hall–Kier alpha value is -1.97. The van der Waals surface area contributed by atoms with Crippen LogP contribution in [0.2, 0.25) is 0 Å². The third-order valence-electron chi connectivity index (χ3n) is 3.63. The molecule has 0 atom stereocenters. The van der Waals surface area contributed by atoms with Crippen LogP contribution in [0.15, 0.2) is 30.5 Å². The van der Waals surface area contributed by atoms with Crippen molar-refractivity contribution in [2.75, 3.05) is 31.1 Å². The van der Waals surface area contributed by atoms with Crippen LogP contribution >= 0.6 is 0 Å². The van der Waals surface area contributed by atoms with Crippen molar-refractivity contribution in [2.24, 2.45) is 0 Å². The van der Waals surface area contributed by atoms with Gasteiger partial charge in [-0.25, -0.2) is 0 Å². The number of nitrogens with one attached hydrogen (secondary N) is 1. The first-order valence-electron chi connectivity index (χ1n) is 6.31. The Balaban J connectivity index is 1.77. The summed E-state index contributed by atoms with van der Waals surface area (Å²) in [6.07, 6.45) is 1.96. The van der Waals surface area contributed by atoms with Crippen LogP contribution in [-0.4, -0.2) is 42.0 Å². The van der Waals surface area contributed by atoms with Gasteiger partial charge in [0.15, 0.2) is 0 Å². The summed E-state index contributed by atoms with van der Waals surface area (Å²) in [5.41, 5.74) is 2.41. The van der Waals surface area contributed by atoms with Gasteiger partial charge in [-0.15, -0.1) is 0 Å². The van der Waals surface area contributed by atoms with E-state index in [1.165, 1.54) is 16.6 Å². The van der Waals surface area contributed by atoms with Gasteiger partial charge >= 0.3 is 0 Å². The summed E-state index contributed by atoms with van der Waals surface area (Å²) in [6, 6.07) is 8.55. The van der Waals surface area contributed by atoms with Gasteiger partial charge in [0.1, 0.15) is 0 Å². The van der Waals surface area contributed by atoms with E-state index in [-0.39, 0.29) is 5.91 Å². The zero-order valence-electron chi connectivity index (χ0n) is 10.5. The predicted molar refractivity (Wildman–Crippen MR) is 72.8 cm³/mol. The highest BCUT2D eigenvalue weighted by atomic mass is 16.2. The third kappa shape index (κ3) is 1.94. The molecule has 3 rings (SSSR count). The number of fused-ring (bicyclic) bond motifs is 1. The molecule has 4 heteroatoms. The number of rotatable bonds is 1. The van der Waals surface area contributed by atoms with E-state index in [1.807, 2.05) is 11.1 Å². The van der Waals surface area contributed by atoms with Crippen LogP contribution in [0, 0.1) is 0 Å². The first-order chi connectivity index (χ1) is 8.74. The molecule has 94 valence electrons. The molecular weight excluding hydrogens is 226 g/mol. The summed E-state index contributed by atoms with van der Waals surface area (Å²) >= 11 is 0. The second-order valence-corrected chi connectivity index (χ2v) is 4.74. The fraction of sp³-hybridized carbons (Fsp3) is 0.357. The number of nitrogens with zero attached hydrogens (tertiary/aromatic N) is 2. The number of benzene rings is 1. The van der Waals surface area contributed by atoms with E-state index in [4.69, 9.17) is 0 Å². The van der Waals surface area contributed by atoms with Gasteiger partial charge in [0, 0.05) is 55.9 Å².